The van der Waals surface area contributed by atoms with Gasteiger partial charge in [-0.2, -0.15) is 0 Å². The second-order valence-electron chi connectivity index (χ2n) is 9.78. The second kappa shape index (κ2) is 8.93. The van der Waals surface area contributed by atoms with Crippen molar-refractivity contribution in [1.82, 2.24) is 9.55 Å². The van der Waals surface area contributed by atoms with Crippen LogP contribution in [0.2, 0.25) is 0 Å². The van der Waals surface area contributed by atoms with E-state index in [0.717, 1.165) is 21.8 Å². The summed E-state index contributed by atoms with van der Waals surface area (Å²) in [6.07, 6.45) is 0. The summed E-state index contributed by atoms with van der Waals surface area (Å²) in [5.41, 5.74) is 4.04. The number of para-hydroxylation sites is 3. The average molecular weight is 519 g/mol. The molecule has 0 amide bonds. The molecule has 2 nitrogen and oxygen atoms in total. The first-order chi connectivity index (χ1) is 23.1. The van der Waals surface area contributed by atoms with Crippen LogP contribution in [-0.4, -0.2) is 9.55 Å². The van der Waals surface area contributed by atoms with Crippen LogP contribution in [0.3, 0.4) is 0 Å². The fraction of sp³-hybridized carbons (Fsp3) is 0.0263. The van der Waals surface area contributed by atoms with Gasteiger partial charge in [-0.25, -0.2) is 4.98 Å². The van der Waals surface area contributed by atoms with Crippen LogP contribution in [0.25, 0.3) is 71.3 Å². The van der Waals surface area contributed by atoms with E-state index >= 15 is 0 Å². The predicted molar refractivity (Wildman–Crippen MR) is 169 cm³/mol. The third kappa shape index (κ3) is 3.33. The molecule has 0 aliphatic rings. The van der Waals surface area contributed by atoms with Crippen molar-refractivity contribution < 1.29 is 11.0 Å². The van der Waals surface area contributed by atoms with E-state index in [1.54, 1.807) is 0 Å². The van der Waals surface area contributed by atoms with Crippen LogP contribution in [0.4, 0.5) is 0 Å². The summed E-state index contributed by atoms with van der Waals surface area (Å²) >= 11 is 0. The molecule has 0 radical (unpaired) electrons. The minimum absolute atomic E-state index is 0.177. The van der Waals surface area contributed by atoms with Crippen LogP contribution in [-0.2, 0) is 0 Å². The van der Waals surface area contributed by atoms with Crippen LogP contribution in [0.15, 0.2) is 139 Å². The Balaban J connectivity index is 1.70. The lowest BCUT2D eigenvalue weighted by atomic mass is 9.84. The molecule has 8 aromatic rings. The number of aromatic nitrogens is 2. The number of hydrogen-bond donors (Lipinski definition) is 0. The molecule has 1 heterocycles. The lowest BCUT2D eigenvalue weighted by Gasteiger charge is -2.21. The monoisotopic (exact) mass is 518 g/mol. The van der Waals surface area contributed by atoms with Crippen LogP contribution in [0, 0.1) is 6.92 Å². The highest BCUT2D eigenvalue weighted by atomic mass is 15.1. The number of nitrogens with zero attached hydrogens (tertiary/aromatic N) is 2. The van der Waals surface area contributed by atoms with E-state index in [1.807, 2.05) is 102 Å². The summed E-state index contributed by atoms with van der Waals surface area (Å²) in [4.78, 5) is 4.77. The van der Waals surface area contributed by atoms with Gasteiger partial charge in [-0.3, -0.25) is 4.57 Å². The van der Waals surface area contributed by atoms with Gasteiger partial charge in [0.05, 0.1) is 27.7 Å². The molecule has 0 aliphatic carbocycles. The number of fused-ring (bicyclic) bond motifs is 4. The molecule has 0 saturated heterocycles. The van der Waals surface area contributed by atoms with Gasteiger partial charge >= 0.3 is 0 Å². The average Bonchev–Trinajstić information content (AvgIpc) is 3.45. The van der Waals surface area contributed by atoms with Gasteiger partial charge in [0.25, 0.3) is 0 Å². The van der Waals surface area contributed by atoms with Crippen LogP contribution in [0.1, 0.15) is 16.8 Å². The zero-order valence-electron chi connectivity index (χ0n) is 29.6. The molecule has 2 heteroatoms. The van der Waals surface area contributed by atoms with Crippen molar-refractivity contribution in [2.24, 2.45) is 0 Å². The summed E-state index contributed by atoms with van der Waals surface area (Å²) < 4.78 is 74.4. The van der Waals surface area contributed by atoms with Crippen molar-refractivity contribution in [2.75, 3.05) is 0 Å². The van der Waals surface area contributed by atoms with Gasteiger partial charge in [0.1, 0.15) is 5.82 Å². The van der Waals surface area contributed by atoms with E-state index < -0.39 is 24.2 Å². The molecule has 0 atom stereocenters. The normalized spacial score (nSPS) is 14.4. The van der Waals surface area contributed by atoms with Crippen LogP contribution in [0.5, 0.6) is 0 Å². The first-order valence-electron chi connectivity index (χ1n) is 17.1. The Morgan fingerprint density at radius 2 is 1.10 bits per heavy atom. The molecule has 0 fully saturated rings. The molecule has 1 aromatic heterocycles. The lowest BCUT2D eigenvalue weighted by Crippen LogP contribution is -2.00. The molecule has 8 rings (SSSR count). The Morgan fingerprint density at radius 1 is 0.550 bits per heavy atom. The highest BCUT2D eigenvalue weighted by molar-refractivity contribution is 6.24. The molecule has 0 bridgehead atoms. The Hall–Kier alpha value is -5.21. The Labute approximate surface area is 244 Å². The van der Waals surface area contributed by atoms with Crippen LogP contribution < -0.4 is 0 Å². The first-order valence-corrected chi connectivity index (χ1v) is 13.1. The summed E-state index contributed by atoms with van der Waals surface area (Å²) in [5.74, 6) is 0.688. The fourth-order valence-corrected chi connectivity index (χ4v) is 5.94. The quantitative estimate of drug-likeness (QED) is 0.213. The summed E-state index contributed by atoms with van der Waals surface area (Å²) in [7, 11) is 0. The maximum Gasteiger partial charge on any atom is 0.111 e. The summed E-state index contributed by atoms with van der Waals surface area (Å²) in [5, 5.41) is 2.40. The molecular formula is C38H26N2. The minimum atomic E-state index is -0.431. The van der Waals surface area contributed by atoms with Crippen molar-refractivity contribution in [3.8, 4) is 27.9 Å². The topological polar surface area (TPSA) is 17.8 Å². The van der Waals surface area contributed by atoms with Gasteiger partial charge in [0, 0.05) is 5.56 Å². The van der Waals surface area contributed by atoms with Crippen molar-refractivity contribution in [1.29, 1.82) is 0 Å². The van der Waals surface area contributed by atoms with Gasteiger partial charge < -0.3 is 0 Å². The molecule has 0 aliphatic heterocycles. The van der Waals surface area contributed by atoms with Gasteiger partial charge in [-0.15, -0.1) is 0 Å². The predicted octanol–water partition coefficient (Wildman–Crippen LogP) is 10.1. The van der Waals surface area contributed by atoms with Crippen LogP contribution >= 0.6 is 0 Å². The number of hydrogen-bond acceptors (Lipinski definition) is 1. The molecule has 0 unspecified atom stereocenters. The Kier molecular flexibility index (Phi) is 3.58. The van der Waals surface area contributed by atoms with Crippen molar-refractivity contribution in [2.45, 2.75) is 6.92 Å². The smallest absolute Gasteiger partial charge is 0.111 e. The van der Waals surface area contributed by atoms with Crippen molar-refractivity contribution >= 4 is 43.4 Å². The third-order valence-corrected chi connectivity index (χ3v) is 7.58. The molecule has 0 saturated carbocycles. The highest BCUT2D eigenvalue weighted by Crippen LogP contribution is 2.46. The van der Waals surface area contributed by atoms with Crippen molar-refractivity contribution in [3.05, 3.63) is 145 Å². The molecule has 7 aromatic carbocycles. The SMILES string of the molecule is [2H]c1c([2H])c([2H])c2c(-c3cccc4ccccc34)c3c([2H])c([2H])c([2H])c([2H])c3c(-c3ccccc3-n3c(C)nc4ccccc43)c2c1[2H]. The molecule has 188 valence electrons. The second-order valence-corrected chi connectivity index (χ2v) is 9.78. The van der Waals surface area contributed by atoms with Gasteiger partial charge in [0.2, 0.25) is 0 Å². The Morgan fingerprint density at radius 3 is 1.85 bits per heavy atom. The maximum absolute atomic E-state index is 9.35. The van der Waals surface area contributed by atoms with Gasteiger partial charge in [0.15, 0.2) is 0 Å². The lowest BCUT2D eigenvalue weighted by molar-refractivity contribution is 1.00. The number of benzene rings is 7. The minimum Gasteiger partial charge on any atom is -0.296 e. The number of rotatable bonds is 3. The number of imidazole rings is 1. The molecular weight excluding hydrogens is 484 g/mol. The first kappa shape index (κ1) is 16.0. The highest BCUT2D eigenvalue weighted by Gasteiger charge is 2.20. The molecule has 0 N–H and O–H groups in total. The number of aryl methyl sites for hydroxylation is 1. The van der Waals surface area contributed by atoms with E-state index in [0.29, 0.717) is 33.8 Å². The zero-order chi connectivity index (χ0) is 33.6. The van der Waals surface area contributed by atoms with E-state index in [4.69, 9.17) is 10.5 Å². The van der Waals surface area contributed by atoms with Crippen molar-refractivity contribution in [3.63, 3.8) is 0 Å². The van der Waals surface area contributed by atoms with Gasteiger partial charge in [-0.1, -0.05) is 121 Å². The molecule has 0 spiro atoms. The standard InChI is InChI=1S/C38H26N2/c1-25-39-34-22-9-11-24-36(34)40(25)35-23-10-8-20-33(35)38-31-18-6-4-16-29(31)37(30-17-5-7-19-32(30)38)28-21-12-14-26-13-2-3-15-27(26)28/h2-24H,1H3/i4D,5D,6D,7D,16D,17D,18D,19D. The fourth-order valence-electron chi connectivity index (χ4n) is 5.94. The van der Waals surface area contributed by atoms with E-state index in [9.17, 15) is 5.48 Å². The third-order valence-electron chi connectivity index (χ3n) is 7.58. The largest absolute Gasteiger partial charge is 0.296 e. The molecule has 40 heavy (non-hydrogen) atoms. The summed E-state index contributed by atoms with van der Waals surface area (Å²) in [6.45, 7) is 1.88. The zero-order valence-corrected chi connectivity index (χ0v) is 21.6. The van der Waals surface area contributed by atoms with E-state index in [1.165, 1.54) is 0 Å². The summed E-state index contributed by atoms with van der Waals surface area (Å²) in [6, 6.07) is 25.5. The van der Waals surface area contributed by atoms with Gasteiger partial charge in [-0.05, 0) is 74.1 Å². The Bertz CT molecular complexity index is 2590. The van der Waals surface area contributed by atoms with E-state index in [-0.39, 0.29) is 45.7 Å². The van der Waals surface area contributed by atoms with E-state index in [2.05, 4.69) is 0 Å². The maximum atomic E-state index is 9.35.